The number of aryl methyl sites for hydroxylation is 2. The van der Waals surface area contributed by atoms with E-state index in [0.717, 1.165) is 41.5 Å². The zero-order valence-corrected chi connectivity index (χ0v) is 20.4. The largest absolute Gasteiger partial charge is 0.435 e. The van der Waals surface area contributed by atoms with Gasteiger partial charge in [0.05, 0.1) is 0 Å². The molecule has 1 fully saturated rings. The molecule has 0 atom stereocenters. The summed E-state index contributed by atoms with van der Waals surface area (Å²) in [4.78, 5) is 12.8. The molecule has 188 valence electrons. The van der Waals surface area contributed by atoms with E-state index in [4.69, 9.17) is 0 Å². The van der Waals surface area contributed by atoms with Crippen LogP contribution in [0.15, 0.2) is 54.6 Å². The van der Waals surface area contributed by atoms with E-state index in [0.29, 0.717) is 30.8 Å². The van der Waals surface area contributed by atoms with Crippen molar-refractivity contribution in [3.8, 4) is 0 Å². The fraction of sp³-hybridized carbons (Fsp3) is 0.357. The number of alkyl halides is 3. The molecule has 0 radical (unpaired) electrons. The summed E-state index contributed by atoms with van der Waals surface area (Å²) >= 11 is 0. The Morgan fingerprint density at radius 2 is 1.83 bits per heavy atom. The van der Waals surface area contributed by atoms with Crippen LogP contribution in [0, 0.1) is 13.8 Å². The van der Waals surface area contributed by atoms with Crippen molar-refractivity contribution in [2.45, 2.75) is 58.3 Å². The second-order valence-corrected chi connectivity index (χ2v) is 9.57. The molecule has 2 heterocycles. The van der Waals surface area contributed by atoms with Gasteiger partial charge in [0.25, 0.3) is 5.91 Å². The third kappa shape index (κ3) is 4.90. The average molecular weight is 495 g/mol. The van der Waals surface area contributed by atoms with Crippen LogP contribution in [-0.4, -0.2) is 26.8 Å². The van der Waals surface area contributed by atoms with Crippen LogP contribution in [0.4, 0.5) is 13.2 Å². The Bertz CT molecular complexity index is 1400. The lowest BCUT2D eigenvalue weighted by molar-refractivity contribution is -0.141. The van der Waals surface area contributed by atoms with Gasteiger partial charge in [-0.3, -0.25) is 9.48 Å². The number of rotatable bonds is 8. The van der Waals surface area contributed by atoms with Gasteiger partial charge in [0, 0.05) is 53.4 Å². The highest BCUT2D eigenvalue weighted by Gasteiger charge is 2.37. The molecule has 4 aromatic rings. The Balaban J connectivity index is 1.24. The van der Waals surface area contributed by atoms with E-state index in [-0.39, 0.29) is 11.8 Å². The monoisotopic (exact) mass is 494 g/mol. The van der Waals surface area contributed by atoms with Crippen molar-refractivity contribution < 1.29 is 18.0 Å². The standard InChI is InChI=1S/C28H29F3N4O/c1-18-19(2)34(17-20-7-4-3-5-8-20)24-12-11-22(15-23(18)24)27(36)32-13-6-14-35-25(21-9-10-21)16-26(33-35)28(29,30)31/h3-5,7-8,11-12,15-16,21H,6,9-10,13-14,17H2,1-2H3,(H,32,36). The van der Waals surface area contributed by atoms with Gasteiger partial charge in [-0.1, -0.05) is 30.3 Å². The second-order valence-electron chi connectivity index (χ2n) is 9.57. The Morgan fingerprint density at radius 3 is 2.53 bits per heavy atom. The third-order valence-electron chi connectivity index (χ3n) is 7.01. The van der Waals surface area contributed by atoms with Gasteiger partial charge in [-0.25, -0.2) is 0 Å². The van der Waals surface area contributed by atoms with Crippen molar-refractivity contribution in [2.75, 3.05) is 6.54 Å². The van der Waals surface area contributed by atoms with Crippen LogP contribution in [0.2, 0.25) is 0 Å². The van der Waals surface area contributed by atoms with Crippen LogP contribution in [0.25, 0.3) is 10.9 Å². The van der Waals surface area contributed by atoms with Crippen molar-refractivity contribution in [3.63, 3.8) is 0 Å². The molecular formula is C28H29F3N4O. The summed E-state index contributed by atoms with van der Waals surface area (Å²) in [7, 11) is 0. The lowest BCUT2D eigenvalue weighted by Crippen LogP contribution is -2.25. The zero-order chi connectivity index (χ0) is 25.4. The maximum atomic E-state index is 13.1. The van der Waals surface area contributed by atoms with Crippen LogP contribution in [0.5, 0.6) is 0 Å². The molecule has 1 aliphatic rings. The molecule has 36 heavy (non-hydrogen) atoms. The number of fused-ring (bicyclic) bond motifs is 1. The van der Waals surface area contributed by atoms with Crippen LogP contribution < -0.4 is 5.32 Å². The van der Waals surface area contributed by atoms with Crippen LogP contribution in [0.1, 0.15) is 63.7 Å². The number of benzene rings is 2. The van der Waals surface area contributed by atoms with E-state index in [1.165, 1.54) is 16.3 Å². The molecule has 0 aliphatic heterocycles. The third-order valence-corrected chi connectivity index (χ3v) is 7.01. The van der Waals surface area contributed by atoms with Gasteiger partial charge in [0.1, 0.15) is 0 Å². The minimum Gasteiger partial charge on any atom is -0.352 e. The number of amides is 1. The van der Waals surface area contributed by atoms with E-state index in [2.05, 4.69) is 41.0 Å². The average Bonchev–Trinajstić information content (AvgIpc) is 3.57. The van der Waals surface area contributed by atoms with Gasteiger partial charge in [0.2, 0.25) is 0 Å². The lowest BCUT2D eigenvalue weighted by Gasteiger charge is -2.10. The number of nitrogens with zero attached hydrogens (tertiary/aromatic N) is 3. The first kappa shape index (κ1) is 24.2. The highest BCUT2D eigenvalue weighted by Crippen LogP contribution is 2.42. The molecule has 5 nitrogen and oxygen atoms in total. The van der Waals surface area contributed by atoms with Crippen molar-refractivity contribution in [3.05, 3.63) is 88.4 Å². The number of aromatic nitrogens is 3. The van der Waals surface area contributed by atoms with Gasteiger partial charge in [-0.2, -0.15) is 18.3 Å². The Morgan fingerprint density at radius 1 is 1.08 bits per heavy atom. The summed E-state index contributed by atoms with van der Waals surface area (Å²) in [6.07, 6.45) is -2.15. The minimum atomic E-state index is -4.45. The van der Waals surface area contributed by atoms with E-state index in [9.17, 15) is 18.0 Å². The van der Waals surface area contributed by atoms with Crippen molar-refractivity contribution in [1.82, 2.24) is 19.7 Å². The van der Waals surface area contributed by atoms with Crippen LogP contribution in [-0.2, 0) is 19.3 Å². The first-order valence-corrected chi connectivity index (χ1v) is 12.3. The van der Waals surface area contributed by atoms with E-state index in [1.54, 1.807) is 0 Å². The molecule has 0 spiro atoms. The lowest BCUT2D eigenvalue weighted by atomic mass is 10.1. The predicted molar refractivity (Wildman–Crippen MR) is 133 cm³/mol. The number of halogens is 3. The molecule has 0 unspecified atom stereocenters. The van der Waals surface area contributed by atoms with Gasteiger partial charge >= 0.3 is 6.18 Å². The van der Waals surface area contributed by atoms with Crippen LogP contribution >= 0.6 is 0 Å². The fourth-order valence-corrected chi connectivity index (χ4v) is 4.75. The van der Waals surface area contributed by atoms with Gasteiger partial charge in [-0.15, -0.1) is 0 Å². The van der Waals surface area contributed by atoms with Gasteiger partial charge in [0.15, 0.2) is 5.69 Å². The summed E-state index contributed by atoms with van der Waals surface area (Å²) in [6.45, 7) is 5.61. The number of hydrogen-bond acceptors (Lipinski definition) is 2. The van der Waals surface area contributed by atoms with E-state index < -0.39 is 11.9 Å². The molecule has 0 bridgehead atoms. The highest BCUT2D eigenvalue weighted by atomic mass is 19.4. The molecule has 2 aromatic carbocycles. The number of carbonyl (C=O) groups excluding carboxylic acids is 1. The summed E-state index contributed by atoms with van der Waals surface area (Å²) in [5.74, 6) is -0.0283. The molecule has 8 heteroatoms. The first-order chi connectivity index (χ1) is 17.2. The Kier molecular flexibility index (Phi) is 6.36. The molecule has 1 amide bonds. The summed E-state index contributed by atoms with van der Waals surface area (Å²) in [6, 6.07) is 17.2. The zero-order valence-electron chi connectivity index (χ0n) is 20.4. The maximum absolute atomic E-state index is 13.1. The van der Waals surface area contributed by atoms with Gasteiger partial charge in [-0.05, 0) is 68.5 Å². The van der Waals surface area contributed by atoms with Crippen LogP contribution in [0.3, 0.4) is 0 Å². The first-order valence-electron chi connectivity index (χ1n) is 12.3. The SMILES string of the molecule is Cc1c(C)n(Cc2ccccc2)c2ccc(C(=O)NCCCn3nc(C(F)(F)F)cc3C3CC3)cc12. The molecule has 2 aromatic heterocycles. The van der Waals surface area contributed by atoms with E-state index >= 15 is 0 Å². The normalized spacial score (nSPS) is 13.9. The Hall–Kier alpha value is -3.55. The van der Waals surface area contributed by atoms with Crippen molar-refractivity contribution in [2.24, 2.45) is 0 Å². The topological polar surface area (TPSA) is 51.9 Å². The van der Waals surface area contributed by atoms with Crippen molar-refractivity contribution >= 4 is 16.8 Å². The van der Waals surface area contributed by atoms with Crippen molar-refractivity contribution in [1.29, 1.82) is 0 Å². The summed E-state index contributed by atoms with van der Waals surface area (Å²) in [5, 5.41) is 7.73. The maximum Gasteiger partial charge on any atom is 0.435 e. The number of carbonyl (C=O) groups is 1. The Labute approximate surface area is 207 Å². The second kappa shape index (κ2) is 9.48. The molecule has 1 saturated carbocycles. The fourth-order valence-electron chi connectivity index (χ4n) is 4.75. The van der Waals surface area contributed by atoms with E-state index in [1.807, 2.05) is 36.4 Å². The smallest absolute Gasteiger partial charge is 0.352 e. The van der Waals surface area contributed by atoms with Gasteiger partial charge < -0.3 is 9.88 Å². The molecular weight excluding hydrogens is 465 g/mol. The predicted octanol–water partition coefficient (Wildman–Crippen LogP) is 6.22. The molecule has 5 rings (SSSR count). The summed E-state index contributed by atoms with van der Waals surface area (Å²) in [5.41, 5.74) is 4.97. The molecule has 0 saturated heterocycles. The summed E-state index contributed by atoms with van der Waals surface area (Å²) < 4.78 is 43.0. The molecule has 1 N–H and O–H groups in total. The quantitative estimate of drug-likeness (QED) is 0.296. The number of hydrogen-bond donors (Lipinski definition) is 1. The molecule has 1 aliphatic carbocycles. The highest BCUT2D eigenvalue weighted by molar-refractivity contribution is 5.99. The number of nitrogens with one attached hydrogen (secondary N) is 1. The minimum absolute atomic E-state index is 0.163.